The molecule has 0 amide bonds. The Balaban J connectivity index is 1.88. The fourth-order valence-electron chi connectivity index (χ4n) is 2.19. The van der Waals surface area contributed by atoms with Gasteiger partial charge < -0.3 is 0 Å². The molecule has 0 aliphatic heterocycles. The van der Waals surface area contributed by atoms with Crippen LogP contribution in [-0.2, 0) is 0 Å². The quantitative estimate of drug-likeness (QED) is 0.684. The van der Waals surface area contributed by atoms with Gasteiger partial charge in [0.25, 0.3) is 0 Å². The van der Waals surface area contributed by atoms with E-state index >= 15 is 0 Å². The number of aryl methyl sites for hydroxylation is 1. The van der Waals surface area contributed by atoms with E-state index in [9.17, 15) is 4.79 Å². The number of benzene rings is 1. The fourth-order valence-corrected chi connectivity index (χ4v) is 2.19. The van der Waals surface area contributed by atoms with E-state index in [0.717, 1.165) is 17.1 Å². The molecule has 16 heavy (non-hydrogen) atoms. The molecule has 1 fully saturated rings. The summed E-state index contributed by atoms with van der Waals surface area (Å²) in [6.45, 7) is 2.03. The van der Waals surface area contributed by atoms with Crippen molar-refractivity contribution < 1.29 is 4.79 Å². The summed E-state index contributed by atoms with van der Waals surface area (Å²) >= 11 is 0. The van der Waals surface area contributed by atoms with E-state index in [4.69, 9.17) is 0 Å². The number of hydrogen-bond donors (Lipinski definition) is 0. The van der Waals surface area contributed by atoms with E-state index in [-0.39, 0.29) is 5.78 Å². The molecule has 0 N–H and O–H groups in total. The van der Waals surface area contributed by atoms with E-state index < -0.39 is 0 Å². The van der Waals surface area contributed by atoms with Crippen LogP contribution >= 0.6 is 0 Å². The Bertz CT molecular complexity index is 491. The smallest absolute Gasteiger partial charge is 0.192 e. The molecule has 2 atom stereocenters. The largest absolute Gasteiger partial charge is 0.289 e. The van der Waals surface area contributed by atoms with Gasteiger partial charge in [0.05, 0.1) is 0 Å². The standard InChI is InChI=1S/C15H14O/c1-10-2-4-11(5-3-10)15(16)13-7-6-12-8-14(12)9-13/h2-7,9,12,14H,8H2,1H3. The number of carbonyl (C=O) groups excluding carboxylic acids is 1. The first-order chi connectivity index (χ1) is 7.74. The van der Waals surface area contributed by atoms with Crippen LogP contribution in [0.4, 0.5) is 0 Å². The van der Waals surface area contributed by atoms with Gasteiger partial charge in [-0.2, -0.15) is 0 Å². The summed E-state index contributed by atoms with van der Waals surface area (Å²) in [7, 11) is 0. The van der Waals surface area contributed by atoms with Crippen LogP contribution in [0.1, 0.15) is 22.3 Å². The molecule has 0 bridgehead atoms. The maximum Gasteiger partial charge on any atom is 0.192 e. The van der Waals surface area contributed by atoms with Crippen molar-refractivity contribution in [1.29, 1.82) is 0 Å². The van der Waals surface area contributed by atoms with Crippen LogP contribution in [0.3, 0.4) is 0 Å². The summed E-state index contributed by atoms with van der Waals surface area (Å²) in [5.74, 6) is 1.51. The van der Waals surface area contributed by atoms with Crippen molar-refractivity contribution in [3.8, 4) is 0 Å². The average molecular weight is 210 g/mol. The van der Waals surface area contributed by atoms with Gasteiger partial charge in [-0.05, 0) is 25.2 Å². The Morgan fingerprint density at radius 3 is 2.62 bits per heavy atom. The van der Waals surface area contributed by atoms with E-state index in [2.05, 4.69) is 12.2 Å². The van der Waals surface area contributed by atoms with Gasteiger partial charge in [0.15, 0.2) is 5.78 Å². The number of allylic oxidation sites excluding steroid dienone is 4. The summed E-state index contributed by atoms with van der Waals surface area (Å²) in [5, 5.41) is 0. The minimum Gasteiger partial charge on any atom is -0.289 e. The van der Waals surface area contributed by atoms with Crippen LogP contribution in [0.5, 0.6) is 0 Å². The SMILES string of the molecule is Cc1ccc(C(=O)C2=CC3CC3C=C2)cc1. The molecular weight excluding hydrogens is 196 g/mol. The highest BCUT2D eigenvalue weighted by atomic mass is 16.1. The first-order valence-corrected chi connectivity index (χ1v) is 5.75. The molecule has 0 saturated heterocycles. The zero-order chi connectivity index (χ0) is 11.1. The van der Waals surface area contributed by atoms with Crippen molar-refractivity contribution in [3.63, 3.8) is 0 Å². The number of ketones is 1. The van der Waals surface area contributed by atoms with Gasteiger partial charge in [0.2, 0.25) is 0 Å². The van der Waals surface area contributed by atoms with Crippen LogP contribution in [-0.4, -0.2) is 5.78 Å². The van der Waals surface area contributed by atoms with Gasteiger partial charge in [-0.3, -0.25) is 4.79 Å². The Kier molecular flexibility index (Phi) is 2.06. The van der Waals surface area contributed by atoms with Gasteiger partial charge in [-0.25, -0.2) is 0 Å². The molecule has 0 radical (unpaired) electrons. The molecule has 2 aliphatic carbocycles. The minimum atomic E-state index is 0.154. The molecule has 0 aromatic heterocycles. The van der Waals surface area contributed by atoms with E-state index in [1.165, 1.54) is 12.0 Å². The molecular formula is C15H14O. The van der Waals surface area contributed by atoms with E-state index in [0.29, 0.717) is 5.92 Å². The monoisotopic (exact) mass is 210 g/mol. The third kappa shape index (κ3) is 1.63. The van der Waals surface area contributed by atoms with Gasteiger partial charge in [-0.15, -0.1) is 0 Å². The molecule has 3 rings (SSSR count). The topological polar surface area (TPSA) is 17.1 Å². The van der Waals surface area contributed by atoms with Crippen molar-refractivity contribution >= 4 is 5.78 Å². The lowest BCUT2D eigenvalue weighted by Gasteiger charge is -2.05. The Morgan fingerprint density at radius 2 is 1.94 bits per heavy atom. The third-order valence-electron chi connectivity index (χ3n) is 3.38. The summed E-state index contributed by atoms with van der Waals surface area (Å²) in [5.41, 5.74) is 2.84. The van der Waals surface area contributed by atoms with E-state index in [1.54, 1.807) is 0 Å². The molecule has 1 heteroatoms. The van der Waals surface area contributed by atoms with Gasteiger partial charge in [0, 0.05) is 11.1 Å². The molecule has 1 saturated carbocycles. The maximum atomic E-state index is 12.2. The van der Waals surface area contributed by atoms with Crippen molar-refractivity contribution in [3.05, 3.63) is 59.2 Å². The minimum absolute atomic E-state index is 0.154. The van der Waals surface area contributed by atoms with Crippen molar-refractivity contribution in [2.45, 2.75) is 13.3 Å². The first kappa shape index (κ1) is 9.59. The highest BCUT2D eigenvalue weighted by Crippen LogP contribution is 2.44. The fraction of sp³-hybridized carbons (Fsp3) is 0.267. The third-order valence-corrected chi connectivity index (χ3v) is 3.38. The molecule has 80 valence electrons. The zero-order valence-corrected chi connectivity index (χ0v) is 9.31. The number of hydrogen-bond acceptors (Lipinski definition) is 1. The second-order valence-corrected chi connectivity index (χ2v) is 4.74. The Hall–Kier alpha value is -1.63. The molecule has 2 aliphatic rings. The molecule has 1 aromatic carbocycles. The summed E-state index contributed by atoms with van der Waals surface area (Å²) in [6, 6.07) is 7.79. The van der Waals surface area contributed by atoms with Crippen molar-refractivity contribution in [2.75, 3.05) is 0 Å². The van der Waals surface area contributed by atoms with Crippen molar-refractivity contribution in [2.24, 2.45) is 11.8 Å². The summed E-state index contributed by atoms with van der Waals surface area (Å²) in [6.07, 6.45) is 7.51. The molecule has 0 spiro atoms. The summed E-state index contributed by atoms with van der Waals surface area (Å²) < 4.78 is 0. The Morgan fingerprint density at radius 1 is 1.19 bits per heavy atom. The van der Waals surface area contributed by atoms with Crippen LogP contribution in [0.15, 0.2) is 48.1 Å². The highest BCUT2D eigenvalue weighted by molar-refractivity contribution is 6.10. The van der Waals surface area contributed by atoms with Crippen LogP contribution in [0.2, 0.25) is 0 Å². The van der Waals surface area contributed by atoms with Crippen LogP contribution in [0.25, 0.3) is 0 Å². The van der Waals surface area contributed by atoms with E-state index in [1.807, 2.05) is 37.3 Å². The van der Waals surface area contributed by atoms with Crippen LogP contribution < -0.4 is 0 Å². The lowest BCUT2D eigenvalue weighted by atomic mass is 9.98. The van der Waals surface area contributed by atoms with Crippen molar-refractivity contribution in [1.82, 2.24) is 0 Å². The number of Topliss-reactive ketones (excluding diaryl/α,β-unsaturated/α-hetero) is 1. The molecule has 1 nitrogen and oxygen atoms in total. The first-order valence-electron chi connectivity index (χ1n) is 5.75. The Labute approximate surface area is 95.5 Å². The predicted octanol–water partition coefficient (Wildman–Crippen LogP) is 3.31. The average Bonchev–Trinajstić information content (AvgIpc) is 3.07. The number of rotatable bonds is 2. The maximum absolute atomic E-state index is 12.2. The second kappa shape index (κ2) is 3.44. The van der Waals surface area contributed by atoms with Gasteiger partial charge >= 0.3 is 0 Å². The normalized spacial score (nSPS) is 25.9. The molecule has 0 heterocycles. The lowest BCUT2D eigenvalue weighted by molar-refractivity contribution is 0.103. The number of fused-ring (bicyclic) bond motifs is 1. The van der Waals surface area contributed by atoms with Crippen LogP contribution in [0, 0.1) is 18.8 Å². The predicted molar refractivity (Wildman–Crippen MR) is 64.3 cm³/mol. The molecule has 1 aromatic rings. The highest BCUT2D eigenvalue weighted by Gasteiger charge is 2.35. The van der Waals surface area contributed by atoms with Gasteiger partial charge in [0.1, 0.15) is 0 Å². The lowest BCUT2D eigenvalue weighted by Crippen LogP contribution is -2.04. The summed E-state index contributed by atoms with van der Waals surface area (Å²) in [4.78, 5) is 12.2. The zero-order valence-electron chi connectivity index (χ0n) is 9.31. The van der Waals surface area contributed by atoms with Gasteiger partial charge in [-0.1, -0.05) is 48.1 Å². The number of carbonyl (C=O) groups is 1. The molecule has 2 unspecified atom stereocenters. The second-order valence-electron chi connectivity index (χ2n) is 4.74.